The van der Waals surface area contributed by atoms with Crippen molar-refractivity contribution in [1.29, 1.82) is 0 Å². The van der Waals surface area contributed by atoms with Crippen molar-refractivity contribution >= 4 is 17.5 Å². The molecule has 0 radical (unpaired) electrons. The molecule has 0 fully saturated rings. The first-order valence-corrected chi connectivity index (χ1v) is 6.73. The van der Waals surface area contributed by atoms with Gasteiger partial charge in [0.15, 0.2) is 0 Å². The molecule has 104 valence electrons. The molecule has 0 aliphatic carbocycles. The number of anilines is 1. The molecule has 4 heteroatoms. The molecular weight excluding hydrogens is 240 g/mol. The number of amides is 2. The molecule has 0 aliphatic heterocycles. The van der Waals surface area contributed by atoms with E-state index < -0.39 is 0 Å². The fourth-order valence-electron chi connectivity index (χ4n) is 1.64. The summed E-state index contributed by atoms with van der Waals surface area (Å²) >= 11 is 0. The summed E-state index contributed by atoms with van der Waals surface area (Å²) in [6, 6.07) is 7.08. The average molecular weight is 262 g/mol. The quantitative estimate of drug-likeness (QED) is 0.828. The topological polar surface area (TPSA) is 58.2 Å². The zero-order valence-corrected chi connectivity index (χ0v) is 11.8. The van der Waals surface area contributed by atoms with Gasteiger partial charge in [0.25, 0.3) is 5.91 Å². The lowest BCUT2D eigenvalue weighted by molar-refractivity contribution is -0.116. The molecule has 0 atom stereocenters. The summed E-state index contributed by atoms with van der Waals surface area (Å²) < 4.78 is 0. The van der Waals surface area contributed by atoms with Gasteiger partial charge in [-0.05, 0) is 38.5 Å². The van der Waals surface area contributed by atoms with Gasteiger partial charge < -0.3 is 10.6 Å². The van der Waals surface area contributed by atoms with Crippen molar-refractivity contribution < 1.29 is 9.59 Å². The van der Waals surface area contributed by atoms with Crippen LogP contribution in [-0.4, -0.2) is 17.9 Å². The Morgan fingerprint density at radius 1 is 1.26 bits per heavy atom. The molecular formula is C15H22N2O2. The Labute approximate surface area is 114 Å². The third kappa shape index (κ3) is 5.55. The molecule has 0 saturated heterocycles. The van der Waals surface area contributed by atoms with E-state index in [1.54, 1.807) is 24.3 Å². The molecule has 0 saturated carbocycles. The third-order valence-electron chi connectivity index (χ3n) is 2.59. The van der Waals surface area contributed by atoms with Gasteiger partial charge in [0.05, 0.1) is 0 Å². The summed E-state index contributed by atoms with van der Waals surface area (Å²) in [6.07, 6.45) is 2.38. The molecule has 0 heterocycles. The minimum absolute atomic E-state index is 0.0109. The molecule has 19 heavy (non-hydrogen) atoms. The number of carbonyl (C=O) groups excluding carboxylic acids is 2. The summed E-state index contributed by atoms with van der Waals surface area (Å²) in [7, 11) is 0. The molecule has 0 bridgehead atoms. The number of benzene rings is 1. The van der Waals surface area contributed by atoms with Gasteiger partial charge >= 0.3 is 0 Å². The second-order valence-electron chi connectivity index (χ2n) is 4.86. The van der Waals surface area contributed by atoms with E-state index in [1.807, 2.05) is 20.8 Å². The van der Waals surface area contributed by atoms with Gasteiger partial charge in [-0.1, -0.05) is 19.4 Å². The number of rotatable bonds is 6. The number of carbonyl (C=O) groups is 2. The summed E-state index contributed by atoms with van der Waals surface area (Å²) in [5, 5.41) is 5.63. The van der Waals surface area contributed by atoms with Crippen LogP contribution in [-0.2, 0) is 4.79 Å². The molecule has 0 spiro atoms. The summed E-state index contributed by atoms with van der Waals surface area (Å²) in [5.41, 5.74) is 1.22. The van der Waals surface area contributed by atoms with E-state index in [2.05, 4.69) is 10.6 Å². The van der Waals surface area contributed by atoms with E-state index in [1.165, 1.54) is 0 Å². The van der Waals surface area contributed by atoms with Crippen LogP contribution >= 0.6 is 0 Å². The highest BCUT2D eigenvalue weighted by molar-refractivity contribution is 5.97. The molecule has 2 amide bonds. The Bertz CT molecular complexity index is 442. The van der Waals surface area contributed by atoms with Crippen LogP contribution in [0.5, 0.6) is 0 Å². The molecule has 4 nitrogen and oxygen atoms in total. The lowest BCUT2D eigenvalue weighted by Crippen LogP contribution is -2.30. The summed E-state index contributed by atoms with van der Waals surface area (Å²) in [6.45, 7) is 5.87. The van der Waals surface area contributed by atoms with Crippen LogP contribution in [0.2, 0.25) is 0 Å². The fraction of sp³-hybridized carbons (Fsp3) is 0.467. The van der Waals surface area contributed by atoms with Gasteiger partial charge in [0.2, 0.25) is 5.91 Å². The summed E-state index contributed by atoms with van der Waals surface area (Å²) in [5.74, 6) is -0.136. The van der Waals surface area contributed by atoms with E-state index in [0.29, 0.717) is 17.7 Å². The zero-order chi connectivity index (χ0) is 14.3. The first-order valence-electron chi connectivity index (χ1n) is 6.73. The van der Waals surface area contributed by atoms with Gasteiger partial charge in [-0.3, -0.25) is 9.59 Å². The Morgan fingerprint density at radius 3 is 2.63 bits per heavy atom. The Morgan fingerprint density at radius 2 is 2.00 bits per heavy atom. The predicted molar refractivity (Wildman–Crippen MR) is 77.2 cm³/mol. The minimum Gasteiger partial charge on any atom is -0.350 e. The highest BCUT2D eigenvalue weighted by Gasteiger charge is 2.08. The molecule has 0 aromatic heterocycles. The van der Waals surface area contributed by atoms with Crippen molar-refractivity contribution in [2.75, 3.05) is 5.32 Å². The van der Waals surface area contributed by atoms with E-state index in [9.17, 15) is 9.59 Å². The first-order chi connectivity index (χ1) is 9.02. The van der Waals surface area contributed by atoms with Gasteiger partial charge in [0.1, 0.15) is 0 Å². The van der Waals surface area contributed by atoms with Crippen LogP contribution in [0, 0.1) is 0 Å². The maximum atomic E-state index is 11.8. The van der Waals surface area contributed by atoms with Crippen LogP contribution < -0.4 is 10.6 Å². The van der Waals surface area contributed by atoms with E-state index in [4.69, 9.17) is 0 Å². The molecule has 0 unspecified atom stereocenters. The van der Waals surface area contributed by atoms with Crippen LogP contribution in [0.25, 0.3) is 0 Å². The van der Waals surface area contributed by atoms with Crippen molar-refractivity contribution in [2.45, 2.75) is 46.1 Å². The molecule has 2 N–H and O–H groups in total. The minimum atomic E-state index is -0.125. The number of hydrogen-bond acceptors (Lipinski definition) is 2. The smallest absolute Gasteiger partial charge is 0.251 e. The van der Waals surface area contributed by atoms with Gasteiger partial charge in [0, 0.05) is 23.7 Å². The lowest BCUT2D eigenvalue weighted by Gasteiger charge is -2.10. The van der Waals surface area contributed by atoms with Gasteiger partial charge in [-0.15, -0.1) is 0 Å². The Hall–Kier alpha value is -1.84. The molecule has 0 aliphatic rings. The molecule has 1 aromatic rings. The second kappa shape index (κ2) is 7.56. The molecule has 1 aromatic carbocycles. The first kappa shape index (κ1) is 15.2. The van der Waals surface area contributed by atoms with Crippen molar-refractivity contribution in [3.63, 3.8) is 0 Å². The van der Waals surface area contributed by atoms with Crippen molar-refractivity contribution in [3.05, 3.63) is 29.8 Å². The zero-order valence-electron chi connectivity index (χ0n) is 11.8. The fourth-order valence-corrected chi connectivity index (χ4v) is 1.64. The van der Waals surface area contributed by atoms with E-state index in [-0.39, 0.29) is 17.9 Å². The standard InChI is InChI=1S/C15H22N2O2/c1-4-5-9-14(18)17-13-8-6-7-12(10-13)15(19)16-11(2)3/h6-8,10-11H,4-5,9H2,1-3H3,(H,16,19)(H,17,18). The normalized spacial score (nSPS) is 10.3. The SMILES string of the molecule is CCCCC(=O)Nc1cccc(C(=O)NC(C)C)c1. The predicted octanol–water partition coefficient (Wildman–Crippen LogP) is 2.95. The van der Waals surface area contributed by atoms with Gasteiger partial charge in [-0.2, -0.15) is 0 Å². The maximum Gasteiger partial charge on any atom is 0.251 e. The van der Waals surface area contributed by atoms with E-state index >= 15 is 0 Å². The monoisotopic (exact) mass is 262 g/mol. The van der Waals surface area contributed by atoms with Gasteiger partial charge in [-0.25, -0.2) is 0 Å². The lowest BCUT2D eigenvalue weighted by atomic mass is 10.1. The summed E-state index contributed by atoms with van der Waals surface area (Å²) in [4.78, 5) is 23.5. The largest absolute Gasteiger partial charge is 0.350 e. The number of unbranched alkanes of at least 4 members (excludes halogenated alkanes) is 1. The Kier molecular flexibility index (Phi) is 6.06. The highest BCUT2D eigenvalue weighted by Crippen LogP contribution is 2.11. The second-order valence-corrected chi connectivity index (χ2v) is 4.86. The van der Waals surface area contributed by atoms with Crippen LogP contribution in [0.4, 0.5) is 5.69 Å². The van der Waals surface area contributed by atoms with Crippen molar-refractivity contribution in [2.24, 2.45) is 0 Å². The van der Waals surface area contributed by atoms with Crippen LogP contribution in [0.1, 0.15) is 50.4 Å². The van der Waals surface area contributed by atoms with Crippen molar-refractivity contribution in [1.82, 2.24) is 5.32 Å². The Balaban J connectivity index is 2.66. The maximum absolute atomic E-state index is 11.8. The number of hydrogen-bond donors (Lipinski definition) is 2. The van der Waals surface area contributed by atoms with E-state index in [0.717, 1.165) is 12.8 Å². The number of nitrogens with one attached hydrogen (secondary N) is 2. The van der Waals surface area contributed by atoms with Crippen LogP contribution in [0.15, 0.2) is 24.3 Å². The van der Waals surface area contributed by atoms with Crippen LogP contribution in [0.3, 0.4) is 0 Å². The highest BCUT2D eigenvalue weighted by atomic mass is 16.2. The van der Waals surface area contributed by atoms with Crippen molar-refractivity contribution in [3.8, 4) is 0 Å². The average Bonchev–Trinajstić information content (AvgIpc) is 2.36. The molecule has 1 rings (SSSR count). The third-order valence-corrected chi connectivity index (χ3v) is 2.59.